The third kappa shape index (κ3) is 1.24. The molecule has 0 saturated carbocycles. The zero-order valence-corrected chi connectivity index (χ0v) is 8.53. The molecule has 0 radical (unpaired) electrons. The van der Waals surface area contributed by atoms with Gasteiger partial charge in [0.15, 0.2) is 6.29 Å². The molecule has 2 rings (SSSR count). The molecule has 1 nitrogen and oxygen atoms in total. The summed E-state index contributed by atoms with van der Waals surface area (Å²) in [7, 11) is 0. The molecule has 1 aromatic carbocycles. The first-order valence-electron chi connectivity index (χ1n) is 4.41. The summed E-state index contributed by atoms with van der Waals surface area (Å²) in [5.41, 5.74) is 0.812. The summed E-state index contributed by atoms with van der Waals surface area (Å²) in [6, 6.07) is 3.51. The highest BCUT2D eigenvalue weighted by molar-refractivity contribution is 7.17. The fourth-order valence-electron chi connectivity index (χ4n) is 1.58. The lowest BCUT2D eigenvalue weighted by atomic mass is 10.1. The quantitative estimate of drug-likeness (QED) is 0.691. The predicted octanol–water partition coefficient (Wildman–Crippen LogP) is 3.42. The van der Waals surface area contributed by atoms with E-state index in [2.05, 4.69) is 0 Å². The zero-order valence-electron chi connectivity index (χ0n) is 7.71. The van der Waals surface area contributed by atoms with E-state index in [1.54, 1.807) is 6.07 Å². The van der Waals surface area contributed by atoms with Crippen molar-refractivity contribution in [2.75, 3.05) is 0 Å². The molecule has 0 bridgehead atoms. The maximum absolute atomic E-state index is 13.7. The van der Waals surface area contributed by atoms with E-state index < -0.39 is 0 Å². The van der Waals surface area contributed by atoms with Gasteiger partial charge in [-0.3, -0.25) is 4.79 Å². The third-order valence-corrected chi connectivity index (χ3v) is 3.27. The van der Waals surface area contributed by atoms with Crippen molar-refractivity contribution < 1.29 is 9.18 Å². The number of carbonyl (C=O) groups excluding carboxylic acids is 1. The van der Waals surface area contributed by atoms with Gasteiger partial charge >= 0.3 is 0 Å². The van der Waals surface area contributed by atoms with Crippen molar-refractivity contribution in [3.63, 3.8) is 0 Å². The number of carbonyl (C=O) groups is 1. The minimum atomic E-state index is -0.363. The largest absolute Gasteiger partial charge is 0.298 e. The zero-order chi connectivity index (χ0) is 10.1. The fraction of sp³-hybridized carbons (Fsp3) is 0.182. The van der Waals surface area contributed by atoms with E-state index in [9.17, 15) is 9.18 Å². The number of hydrogen-bond donors (Lipinski definition) is 0. The number of hydrogen-bond acceptors (Lipinski definition) is 2. The van der Waals surface area contributed by atoms with Gasteiger partial charge in [-0.05, 0) is 29.3 Å². The molecule has 0 saturated heterocycles. The summed E-state index contributed by atoms with van der Waals surface area (Å²) in [4.78, 5) is 10.6. The van der Waals surface area contributed by atoms with Crippen LogP contribution >= 0.6 is 11.3 Å². The molecule has 1 heterocycles. The molecule has 0 spiro atoms. The second-order valence-corrected chi connectivity index (χ2v) is 3.98. The molecule has 3 heteroatoms. The first-order chi connectivity index (χ1) is 6.77. The van der Waals surface area contributed by atoms with Crippen molar-refractivity contribution >= 4 is 27.7 Å². The Hall–Kier alpha value is -1.22. The molecule has 14 heavy (non-hydrogen) atoms. The first kappa shape index (κ1) is 9.34. The number of thiophene rings is 1. The number of aldehydes is 1. The van der Waals surface area contributed by atoms with E-state index in [0.29, 0.717) is 18.3 Å². The maximum atomic E-state index is 13.7. The Bertz CT molecular complexity index is 487. The number of rotatable bonds is 2. The monoisotopic (exact) mass is 208 g/mol. The van der Waals surface area contributed by atoms with Gasteiger partial charge in [0.2, 0.25) is 0 Å². The van der Waals surface area contributed by atoms with Crippen LogP contribution in [0.15, 0.2) is 17.5 Å². The average Bonchev–Trinajstić information content (AvgIpc) is 2.64. The smallest absolute Gasteiger partial charge is 0.153 e. The second kappa shape index (κ2) is 3.50. The first-order valence-corrected chi connectivity index (χ1v) is 5.29. The van der Waals surface area contributed by atoms with Crippen molar-refractivity contribution in [2.24, 2.45) is 0 Å². The standard InChI is InChI=1S/C11H9FOS/c1-2-9-10(12)8(6-13)5-7-3-4-14-11(7)9/h3-6H,2H2,1H3. The normalized spacial score (nSPS) is 10.7. The topological polar surface area (TPSA) is 17.1 Å². The number of halogens is 1. The molecule has 72 valence electrons. The molecule has 0 unspecified atom stereocenters. The molecule has 0 aliphatic heterocycles. The average molecular weight is 208 g/mol. The van der Waals surface area contributed by atoms with Gasteiger partial charge in [0.1, 0.15) is 5.82 Å². The summed E-state index contributed by atoms with van der Waals surface area (Å²) in [6.07, 6.45) is 1.19. The van der Waals surface area contributed by atoms with Crippen LogP contribution in [0.25, 0.3) is 10.1 Å². The van der Waals surface area contributed by atoms with Crippen LogP contribution in [-0.2, 0) is 6.42 Å². The molecule has 2 aromatic rings. The van der Waals surface area contributed by atoms with Gasteiger partial charge < -0.3 is 0 Å². The predicted molar refractivity (Wildman–Crippen MR) is 56.5 cm³/mol. The third-order valence-electron chi connectivity index (χ3n) is 2.28. The Morgan fingerprint density at radius 2 is 2.36 bits per heavy atom. The Labute approximate surface area is 85.2 Å². The molecule has 0 atom stereocenters. The number of fused-ring (bicyclic) bond motifs is 1. The van der Waals surface area contributed by atoms with Gasteiger partial charge in [-0.25, -0.2) is 4.39 Å². The van der Waals surface area contributed by atoms with E-state index in [-0.39, 0.29) is 11.4 Å². The van der Waals surface area contributed by atoms with Gasteiger partial charge in [0, 0.05) is 10.3 Å². The summed E-state index contributed by atoms with van der Waals surface area (Å²) in [5.74, 6) is -0.363. The Morgan fingerprint density at radius 1 is 1.57 bits per heavy atom. The summed E-state index contributed by atoms with van der Waals surface area (Å²) >= 11 is 1.52. The van der Waals surface area contributed by atoms with Gasteiger partial charge in [0.05, 0.1) is 5.56 Å². The molecule has 0 fully saturated rings. The van der Waals surface area contributed by atoms with E-state index >= 15 is 0 Å². The van der Waals surface area contributed by atoms with E-state index in [4.69, 9.17) is 0 Å². The van der Waals surface area contributed by atoms with Crippen LogP contribution < -0.4 is 0 Å². The van der Waals surface area contributed by atoms with E-state index in [1.165, 1.54) is 11.3 Å². The highest BCUT2D eigenvalue weighted by Gasteiger charge is 2.12. The van der Waals surface area contributed by atoms with Crippen LogP contribution in [0.4, 0.5) is 4.39 Å². The lowest BCUT2D eigenvalue weighted by Gasteiger charge is -2.03. The number of benzene rings is 1. The molecular formula is C11H9FOS. The van der Waals surface area contributed by atoms with Crippen LogP contribution in [0.3, 0.4) is 0 Å². The van der Waals surface area contributed by atoms with Crippen LogP contribution in [0.5, 0.6) is 0 Å². The molecule has 0 aliphatic rings. The van der Waals surface area contributed by atoms with Crippen molar-refractivity contribution in [3.05, 3.63) is 34.5 Å². The Morgan fingerprint density at radius 3 is 3.00 bits per heavy atom. The Balaban J connectivity index is 2.87. The summed E-state index contributed by atoms with van der Waals surface area (Å²) < 4.78 is 14.6. The number of aryl methyl sites for hydroxylation is 1. The lowest BCUT2D eigenvalue weighted by Crippen LogP contribution is -1.94. The van der Waals surface area contributed by atoms with E-state index in [1.807, 2.05) is 18.4 Å². The van der Waals surface area contributed by atoms with Gasteiger partial charge in [-0.2, -0.15) is 0 Å². The molecule has 0 amide bonds. The van der Waals surface area contributed by atoms with Crippen LogP contribution in [-0.4, -0.2) is 6.29 Å². The second-order valence-electron chi connectivity index (χ2n) is 3.07. The highest BCUT2D eigenvalue weighted by Crippen LogP contribution is 2.29. The van der Waals surface area contributed by atoms with Gasteiger partial charge in [-0.15, -0.1) is 11.3 Å². The van der Waals surface area contributed by atoms with Gasteiger partial charge in [-0.1, -0.05) is 6.92 Å². The highest BCUT2D eigenvalue weighted by atomic mass is 32.1. The minimum Gasteiger partial charge on any atom is -0.298 e. The SMILES string of the molecule is CCc1c(F)c(C=O)cc2ccsc12. The molecular weight excluding hydrogens is 199 g/mol. The Kier molecular flexibility index (Phi) is 2.33. The summed E-state index contributed by atoms with van der Waals surface area (Å²) in [6.45, 7) is 1.89. The van der Waals surface area contributed by atoms with E-state index in [0.717, 1.165) is 10.1 Å². The van der Waals surface area contributed by atoms with Crippen LogP contribution in [0.1, 0.15) is 22.8 Å². The minimum absolute atomic E-state index is 0.160. The van der Waals surface area contributed by atoms with Crippen molar-refractivity contribution in [1.29, 1.82) is 0 Å². The van der Waals surface area contributed by atoms with Crippen LogP contribution in [0.2, 0.25) is 0 Å². The van der Waals surface area contributed by atoms with Crippen molar-refractivity contribution in [2.45, 2.75) is 13.3 Å². The lowest BCUT2D eigenvalue weighted by molar-refractivity contribution is 0.112. The van der Waals surface area contributed by atoms with Crippen molar-refractivity contribution in [1.82, 2.24) is 0 Å². The summed E-state index contributed by atoms with van der Waals surface area (Å²) in [5, 5.41) is 2.87. The van der Waals surface area contributed by atoms with Crippen molar-refractivity contribution in [3.8, 4) is 0 Å². The molecule has 1 aromatic heterocycles. The molecule has 0 aliphatic carbocycles. The maximum Gasteiger partial charge on any atom is 0.153 e. The fourth-order valence-corrected chi connectivity index (χ4v) is 2.57. The van der Waals surface area contributed by atoms with Crippen LogP contribution in [0, 0.1) is 5.82 Å². The molecule has 0 N–H and O–H groups in total. The van der Waals surface area contributed by atoms with Gasteiger partial charge in [0.25, 0.3) is 0 Å².